The summed E-state index contributed by atoms with van der Waals surface area (Å²) in [7, 11) is -36.0. The quantitative estimate of drug-likeness (QED) is 0.0131. The van der Waals surface area contributed by atoms with E-state index in [4.69, 9.17) is 99.3 Å². The molecule has 0 aliphatic carbocycles. The summed E-state index contributed by atoms with van der Waals surface area (Å²) in [6, 6.07) is 12.8. The van der Waals surface area contributed by atoms with Gasteiger partial charge in [0.2, 0.25) is 22.9 Å². The van der Waals surface area contributed by atoms with E-state index in [1.165, 1.54) is 58.7 Å². The summed E-state index contributed by atoms with van der Waals surface area (Å²) in [5, 5.41) is 73.4. The number of alkyl halides is 4. The largest absolute Gasteiger partial charge is 0.490 e. The van der Waals surface area contributed by atoms with Gasteiger partial charge in [-0.15, -0.1) is 0 Å². The van der Waals surface area contributed by atoms with Crippen LogP contribution in [0.15, 0.2) is 119 Å². The first kappa shape index (κ1) is 96.5. The smallest absolute Gasteiger partial charge is 0.426 e. The molecule has 5 aliphatic rings. The Morgan fingerprint density at radius 3 is 1.00 bits per heavy atom. The van der Waals surface area contributed by atoms with Crippen LogP contribution in [0, 0.1) is 0 Å². The molecule has 8 aromatic heterocycles. The highest BCUT2D eigenvalue weighted by molar-refractivity contribution is 7.76. The van der Waals surface area contributed by atoms with E-state index < -0.39 is 184 Å². The predicted molar refractivity (Wildman–Crippen MR) is 398 cm³/mol. The number of hydrogen-bond acceptors (Lipinski definition) is 41. The minimum Gasteiger partial charge on any atom is -0.426 e. The lowest BCUT2D eigenvalue weighted by molar-refractivity contribution is -0.122. The summed E-state index contributed by atoms with van der Waals surface area (Å²) in [6.45, 7) is -4.61. The van der Waals surface area contributed by atoms with Gasteiger partial charge in [0.15, 0.2) is 49.6 Å². The van der Waals surface area contributed by atoms with Gasteiger partial charge in [-0.2, -0.15) is 17.2 Å². The predicted octanol–water partition coefficient (Wildman–Crippen LogP) is 4.36. The monoisotopic (exact) mass is 1920 g/mol. The fourth-order valence-corrected chi connectivity index (χ4v) is 18.8. The summed E-state index contributed by atoms with van der Waals surface area (Å²) in [5.74, 6) is 0.563. The van der Waals surface area contributed by atoms with Crippen LogP contribution in [0.5, 0.6) is 5.75 Å². The van der Waals surface area contributed by atoms with E-state index in [9.17, 15) is 91.2 Å². The molecule has 61 nitrogen and oxygen atoms in total. The molecule has 1 aromatic carbocycles. The number of halogens is 5. The Hall–Kier alpha value is -9.73. The first-order valence-corrected chi connectivity index (χ1v) is 43.9. The molecule has 13 heterocycles. The van der Waals surface area contributed by atoms with E-state index in [0.717, 1.165) is 21.8 Å². The van der Waals surface area contributed by atoms with E-state index in [2.05, 4.69) is 111 Å². The summed E-state index contributed by atoms with van der Waals surface area (Å²) in [6.07, 6.45) is -13.0. The minimum absolute atomic E-state index is 0.0340. The van der Waals surface area contributed by atoms with Gasteiger partial charge in [0.25, 0.3) is 0 Å². The van der Waals surface area contributed by atoms with Gasteiger partial charge in [-0.25, -0.2) is 89.6 Å². The molecule has 9 aromatic rings. The molecule has 0 radical (unpaired) electrons. The topological polar surface area (TPSA) is 935 Å². The number of azide groups is 4. The third-order valence-electron chi connectivity index (χ3n) is 17.1. The zero-order valence-corrected chi connectivity index (χ0v) is 67.6. The van der Waals surface area contributed by atoms with Gasteiger partial charge in [0.1, 0.15) is 107 Å². The highest BCUT2D eigenvalue weighted by Gasteiger charge is 2.61. The molecule has 4 saturated heterocycles. The number of phosphoric acid groups is 6. The van der Waals surface area contributed by atoms with Gasteiger partial charge in [0.05, 0.1) is 48.0 Å². The number of benzene rings is 1. The number of ether oxygens (including phenoxy) is 4. The normalized spacial score (nSPS) is 28.9. The molecule has 5 aliphatic heterocycles. The Morgan fingerprint density at radius 2 is 0.718 bits per heavy atom. The Morgan fingerprint density at radius 1 is 0.444 bits per heavy atom. The van der Waals surface area contributed by atoms with E-state index in [0.29, 0.717) is 33.4 Å². The molecule has 670 valence electrons. The molecule has 0 amide bonds. The van der Waals surface area contributed by atoms with Crippen LogP contribution in [0.4, 0.5) is 40.8 Å². The maximum atomic E-state index is 15.0. The molecular weight excluding hydrogens is 1860 g/mol. The van der Waals surface area contributed by atoms with Gasteiger partial charge in [-0.3, -0.25) is 9.05 Å². The molecule has 22 N–H and O–H groups in total. The number of hydrogen-bond donors (Lipinski definition) is 18. The first-order chi connectivity index (χ1) is 58.0. The summed E-state index contributed by atoms with van der Waals surface area (Å²) in [5.41, 5.74) is 49.1. The molecule has 0 bridgehead atoms. The number of aromatic nitrogens is 12. The van der Waals surface area contributed by atoms with Crippen LogP contribution in [-0.4, -0.2) is 232 Å². The number of nitrogen functional groups attached to an aromatic ring is 4. The van der Waals surface area contributed by atoms with Gasteiger partial charge in [-0.1, -0.05) is 32.6 Å². The number of nitrogens with two attached hydrogens (primary N) is 4. The Kier molecular flexibility index (Phi) is 29.4. The standard InChI is InChI=1S/2C11H15FN7O12P3.2C11H12FN7O3.C7H4ClO3P/c2*12-6-7(20)11(17-18-14,3-28-33(24,25)31-34(26,27)30-32(21,22)23)29-10(6)19-2-1-5-8(13)15-4-16-9(5)19;2*12-6-7(21)11(3-20,17-18-14)22-10(6)19-2-1-5-8(13)15-4-16-9(5)19;8-12-10-6-4-2-1-3-5(6)7(9)11-12/h2*1-2,4,6-7,10,20H,3H2,(H,24,25)(H,26,27)(H2,13,15,16)(H2,21,22,23);2*1-2,4,6-7,10,20-21H,3H2,(H2,13,15,16);1-4H/t4*6-,7-,10+,11+;/m0000./s1. The fraction of sp³-hybridized carbons (Fsp3) is 0.392. The summed E-state index contributed by atoms with van der Waals surface area (Å²) >= 11 is 5.54. The molecule has 14 rings (SSSR count). The SMILES string of the molecule is O=C1OP(Cl)Oc2ccccc21.[N-]=[N+]=N[C@]1(CO)O[C@@H](n2ccc3c(N)ncnc32)[C@@H](F)[C@@H]1O.[N-]=[N+]=N[C@]1(CO)O[C@@H](n2ccc3c(N)ncnc32)[C@@H](F)[C@@H]1O.[N-]=[N+]=N[C@]1(COP(=O)(O)OP(=O)(O)OP(=O)(O)O)O[C@@H](n2ccc3c(N)ncnc32)[C@@H](F)[C@@H]1O.[N-]=[N+]=N[C@]1(COP(=O)(O)OP(=O)(O)OP(=O)(O)O)O[C@@H](n2ccc3c(N)ncnc32)[C@@H](F)[C@@H]1O. The lowest BCUT2D eigenvalue weighted by Crippen LogP contribution is -2.44. The minimum atomic E-state index is -5.86. The number of fused-ring (bicyclic) bond motifs is 5. The van der Waals surface area contributed by atoms with E-state index in [1.807, 2.05) is 0 Å². The van der Waals surface area contributed by atoms with Crippen molar-refractivity contribution in [2.45, 2.75) is 96.9 Å². The first-order valence-electron chi connectivity index (χ1n) is 32.8. The van der Waals surface area contributed by atoms with Crippen molar-refractivity contribution in [2.75, 3.05) is 49.4 Å². The number of nitrogens with zero attached hydrogens (tertiary/aromatic N) is 24. The Labute approximate surface area is 687 Å². The fourth-order valence-electron chi connectivity index (χ4n) is 11.8. The number of carbonyl (C=O) groups is 1. The number of rotatable bonds is 24. The highest BCUT2D eigenvalue weighted by Crippen LogP contribution is 2.68. The molecule has 124 heavy (non-hydrogen) atoms. The van der Waals surface area contributed by atoms with Crippen LogP contribution < -0.4 is 27.5 Å². The van der Waals surface area contributed by atoms with E-state index in [-0.39, 0.29) is 45.3 Å². The van der Waals surface area contributed by atoms with Crippen molar-refractivity contribution in [2.24, 2.45) is 20.5 Å². The Bertz CT molecular complexity index is 5690. The number of carbonyl (C=O) groups excluding carboxylic acids is 1. The van der Waals surface area contributed by atoms with Crippen LogP contribution in [0.1, 0.15) is 35.3 Å². The number of phosphoric ester groups is 2. The second kappa shape index (κ2) is 37.8. The van der Waals surface area contributed by atoms with Crippen LogP contribution >= 0.6 is 65.9 Å². The second-order valence-electron chi connectivity index (χ2n) is 24.8. The number of aliphatic hydroxyl groups excluding tert-OH is 6. The van der Waals surface area contributed by atoms with Crippen molar-refractivity contribution in [3.05, 3.63) is 146 Å². The summed E-state index contributed by atoms with van der Waals surface area (Å²) < 4.78 is 186. The van der Waals surface area contributed by atoms with Crippen LogP contribution in [-0.2, 0) is 77.2 Å². The molecular formula is C51H58ClF4N28O33P7. The zero-order chi connectivity index (χ0) is 91.4. The summed E-state index contributed by atoms with van der Waals surface area (Å²) in [4.78, 5) is 124. The van der Waals surface area contributed by atoms with Crippen molar-refractivity contribution in [3.8, 4) is 5.75 Å². The second-order valence-corrected chi connectivity index (χ2v) is 35.3. The van der Waals surface area contributed by atoms with Crippen LogP contribution in [0.3, 0.4) is 0 Å². The number of aliphatic hydroxyl groups is 6. The Balaban J connectivity index is 0.000000168. The number of anilines is 4. The molecule has 0 saturated carbocycles. The molecule has 0 spiro atoms. The van der Waals surface area contributed by atoms with Gasteiger partial charge >= 0.3 is 60.6 Å². The lowest BCUT2D eigenvalue weighted by Gasteiger charge is -2.27. The van der Waals surface area contributed by atoms with Crippen molar-refractivity contribution in [1.29, 1.82) is 0 Å². The molecule has 5 unspecified atom stereocenters. The highest BCUT2D eigenvalue weighted by atomic mass is 35.7. The molecule has 73 heteroatoms. The van der Waals surface area contributed by atoms with Gasteiger partial charge in [-0.05, 0) is 69.8 Å². The van der Waals surface area contributed by atoms with Crippen molar-refractivity contribution in [3.63, 3.8) is 0 Å². The van der Waals surface area contributed by atoms with Crippen LogP contribution in [0.25, 0.3) is 85.9 Å². The third-order valence-corrected chi connectivity index (χ3v) is 25.8. The molecule has 21 atom stereocenters. The van der Waals surface area contributed by atoms with Gasteiger partial charge < -0.3 is 139 Å². The van der Waals surface area contributed by atoms with E-state index >= 15 is 8.78 Å². The lowest BCUT2D eigenvalue weighted by atomic mass is 10.1. The molecule has 4 fully saturated rings. The van der Waals surface area contributed by atoms with Crippen molar-refractivity contribution >= 4 is 139 Å². The third kappa shape index (κ3) is 21.0. The maximum absolute atomic E-state index is 15.0. The number of para-hydroxylation sites is 1. The van der Waals surface area contributed by atoms with E-state index in [1.54, 1.807) is 36.4 Å². The van der Waals surface area contributed by atoms with Gasteiger partial charge in [0, 0.05) is 44.4 Å². The average Bonchev–Trinajstić information content (AvgIpc) is 1.59. The van der Waals surface area contributed by atoms with Crippen molar-refractivity contribution in [1.82, 2.24) is 58.1 Å². The van der Waals surface area contributed by atoms with Crippen LogP contribution in [0.2, 0.25) is 0 Å². The zero-order valence-electron chi connectivity index (χ0n) is 60.6. The van der Waals surface area contributed by atoms with Crippen molar-refractivity contribution < 1.29 is 174 Å². The maximum Gasteiger partial charge on any atom is 0.490 e. The average molecular weight is 1920 g/mol.